The molecule has 0 aliphatic rings. The molecule has 0 bridgehead atoms. The lowest BCUT2D eigenvalue weighted by atomic mass is 9.84. The van der Waals surface area contributed by atoms with Crippen molar-refractivity contribution in [2.24, 2.45) is 11.7 Å². The van der Waals surface area contributed by atoms with Gasteiger partial charge in [0.2, 0.25) is 0 Å². The molecule has 0 aliphatic heterocycles. The van der Waals surface area contributed by atoms with E-state index in [2.05, 4.69) is 66.3 Å². The third-order valence-corrected chi connectivity index (χ3v) is 4.29. The largest absolute Gasteiger partial charge is 0.378 e. The second-order valence-corrected chi connectivity index (χ2v) is 6.10. The number of nitrogens with one attached hydrogen (secondary N) is 1. The van der Waals surface area contributed by atoms with Gasteiger partial charge in [-0.2, -0.15) is 0 Å². The highest BCUT2D eigenvalue weighted by molar-refractivity contribution is 9.10. The lowest BCUT2D eigenvalue weighted by Gasteiger charge is -2.36. The molecule has 0 saturated heterocycles. The number of halogens is 1. The van der Waals surface area contributed by atoms with Gasteiger partial charge in [0.1, 0.15) is 0 Å². The molecule has 0 radical (unpaired) electrons. The van der Waals surface area contributed by atoms with Gasteiger partial charge in [0.25, 0.3) is 0 Å². The predicted octanol–water partition coefficient (Wildman–Crippen LogP) is 4.40. The molecule has 1 aromatic carbocycles. The summed E-state index contributed by atoms with van der Waals surface area (Å²) in [7, 11) is 0. The topological polar surface area (TPSA) is 38.0 Å². The molecule has 102 valence electrons. The molecular weight excluding hydrogens is 288 g/mol. The summed E-state index contributed by atoms with van der Waals surface area (Å²) in [5.41, 5.74) is 7.19. The number of benzene rings is 1. The average molecular weight is 313 g/mol. The van der Waals surface area contributed by atoms with Crippen LogP contribution in [0.2, 0.25) is 0 Å². The van der Waals surface area contributed by atoms with Crippen molar-refractivity contribution in [3.8, 4) is 0 Å². The van der Waals surface area contributed by atoms with Crippen molar-refractivity contribution >= 4 is 21.6 Å². The summed E-state index contributed by atoms with van der Waals surface area (Å²) in [6.45, 7) is 7.41. The molecule has 2 unspecified atom stereocenters. The summed E-state index contributed by atoms with van der Waals surface area (Å²) in [6.07, 6.45) is 3.36. The van der Waals surface area contributed by atoms with E-state index < -0.39 is 0 Å². The smallest absolute Gasteiger partial charge is 0.0495 e. The fraction of sp³-hybridized carbons (Fsp3) is 0.600. The van der Waals surface area contributed by atoms with E-state index in [9.17, 15) is 0 Å². The minimum Gasteiger partial charge on any atom is -0.378 e. The van der Waals surface area contributed by atoms with Crippen molar-refractivity contribution in [3.63, 3.8) is 0 Å². The van der Waals surface area contributed by atoms with E-state index in [1.807, 2.05) is 0 Å². The minimum atomic E-state index is 0.0171. The highest BCUT2D eigenvalue weighted by atomic mass is 79.9. The van der Waals surface area contributed by atoms with Crippen molar-refractivity contribution in [1.82, 2.24) is 0 Å². The van der Waals surface area contributed by atoms with E-state index >= 15 is 0 Å². The first-order chi connectivity index (χ1) is 8.55. The van der Waals surface area contributed by atoms with Crippen LogP contribution in [0.4, 0.5) is 5.69 Å². The zero-order valence-corrected chi connectivity index (χ0v) is 13.3. The Morgan fingerprint density at radius 3 is 2.33 bits per heavy atom. The molecule has 0 aromatic heterocycles. The highest BCUT2D eigenvalue weighted by Gasteiger charge is 2.27. The SMILES string of the molecule is CCC(C)CC(CC)(CN)Nc1ccc(Br)cc1. The first-order valence-corrected chi connectivity index (χ1v) is 7.58. The van der Waals surface area contributed by atoms with Gasteiger partial charge in [0, 0.05) is 22.2 Å². The van der Waals surface area contributed by atoms with E-state index in [-0.39, 0.29) is 5.54 Å². The summed E-state index contributed by atoms with van der Waals surface area (Å²) in [4.78, 5) is 0. The number of nitrogens with two attached hydrogens (primary N) is 1. The molecule has 1 rings (SSSR count). The van der Waals surface area contributed by atoms with Crippen LogP contribution in [-0.4, -0.2) is 12.1 Å². The lowest BCUT2D eigenvalue weighted by Crippen LogP contribution is -2.46. The fourth-order valence-electron chi connectivity index (χ4n) is 2.21. The van der Waals surface area contributed by atoms with E-state index in [0.717, 1.165) is 23.0 Å². The third-order valence-electron chi connectivity index (χ3n) is 3.76. The third kappa shape index (κ3) is 4.29. The normalized spacial score (nSPS) is 16.1. The molecule has 0 fully saturated rings. The van der Waals surface area contributed by atoms with Gasteiger partial charge in [0.05, 0.1) is 0 Å². The van der Waals surface area contributed by atoms with Crippen LogP contribution >= 0.6 is 15.9 Å². The van der Waals surface area contributed by atoms with Gasteiger partial charge >= 0.3 is 0 Å². The molecule has 18 heavy (non-hydrogen) atoms. The maximum atomic E-state index is 6.03. The van der Waals surface area contributed by atoms with Gasteiger partial charge in [0.15, 0.2) is 0 Å². The molecular formula is C15H25BrN2. The molecule has 0 heterocycles. The molecule has 0 amide bonds. The first kappa shape index (κ1) is 15.5. The van der Waals surface area contributed by atoms with Gasteiger partial charge in [-0.05, 0) is 43.0 Å². The lowest BCUT2D eigenvalue weighted by molar-refractivity contribution is 0.346. The highest BCUT2D eigenvalue weighted by Crippen LogP contribution is 2.27. The van der Waals surface area contributed by atoms with Crippen LogP contribution in [0.25, 0.3) is 0 Å². The summed E-state index contributed by atoms with van der Waals surface area (Å²) >= 11 is 3.46. The van der Waals surface area contributed by atoms with Gasteiger partial charge in [-0.3, -0.25) is 0 Å². The molecule has 3 N–H and O–H groups in total. The maximum absolute atomic E-state index is 6.03. The molecule has 2 atom stereocenters. The number of anilines is 1. The first-order valence-electron chi connectivity index (χ1n) is 6.79. The molecule has 1 aromatic rings. The molecule has 0 spiro atoms. The van der Waals surface area contributed by atoms with E-state index in [1.54, 1.807) is 0 Å². The standard InChI is InChI=1S/C15H25BrN2/c1-4-12(3)10-15(5-2,11-17)18-14-8-6-13(16)7-9-14/h6-9,12,18H,4-5,10-11,17H2,1-3H3. The Kier molecular flexibility index (Phi) is 6.16. The molecule has 3 heteroatoms. The van der Waals surface area contributed by atoms with Crippen LogP contribution in [0.1, 0.15) is 40.0 Å². The van der Waals surface area contributed by atoms with Crippen LogP contribution in [0, 0.1) is 5.92 Å². The van der Waals surface area contributed by atoms with Gasteiger partial charge < -0.3 is 11.1 Å². The van der Waals surface area contributed by atoms with E-state index in [1.165, 1.54) is 6.42 Å². The quantitative estimate of drug-likeness (QED) is 0.783. The Bertz CT molecular complexity index is 344. The Labute approximate surface area is 119 Å². The minimum absolute atomic E-state index is 0.0171. The summed E-state index contributed by atoms with van der Waals surface area (Å²) in [5, 5.41) is 3.64. The van der Waals surface area contributed by atoms with Crippen molar-refractivity contribution in [3.05, 3.63) is 28.7 Å². The van der Waals surface area contributed by atoms with Crippen LogP contribution in [-0.2, 0) is 0 Å². The van der Waals surface area contributed by atoms with Gasteiger partial charge in [-0.1, -0.05) is 43.1 Å². The van der Waals surface area contributed by atoms with E-state index in [4.69, 9.17) is 5.73 Å². The summed E-state index contributed by atoms with van der Waals surface area (Å²) < 4.78 is 1.10. The number of rotatable bonds is 7. The van der Waals surface area contributed by atoms with Crippen LogP contribution in [0.3, 0.4) is 0 Å². The van der Waals surface area contributed by atoms with Crippen molar-refractivity contribution < 1.29 is 0 Å². The monoisotopic (exact) mass is 312 g/mol. The van der Waals surface area contributed by atoms with Crippen LogP contribution in [0.5, 0.6) is 0 Å². The van der Waals surface area contributed by atoms with Crippen molar-refractivity contribution in [2.75, 3.05) is 11.9 Å². The summed E-state index contributed by atoms with van der Waals surface area (Å²) in [5.74, 6) is 0.691. The van der Waals surface area contributed by atoms with Crippen LogP contribution < -0.4 is 11.1 Å². The van der Waals surface area contributed by atoms with Crippen LogP contribution in [0.15, 0.2) is 28.7 Å². The average Bonchev–Trinajstić information content (AvgIpc) is 2.40. The number of hydrogen-bond acceptors (Lipinski definition) is 2. The Balaban J connectivity index is 2.81. The zero-order valence-electron chi connectivity index (χ0n) is 11.7. The second kappa shape index (κ2) is 7.15. The van der Waals surface area contributed by atoms with E-state index in [0.29, 0.717) is 12.5 Å². The molecule has 0 aliphatic carbocycles. The number of hydrogen-bond donors (Lipinski definition) is 2. The Hall–Kier alpha value is -0.540. The van der Waals surface area contributed by atoms with Gasteiger partial charge in [-0.25, -0.2) is 0 Å². The summed E-state index contributed by atoms with van der Waals surface area (Å²) in [6, 6.07) is 8.31. The fourth-order valence-corrected chi connectivity index (χ4v) is 2.48. The molecule has 2 nitrogen and oxygen atoms in total. The Morgan fingerprint density at radius 1 is 1.28 bits per heavy atom. The predicted molar refractivity (Wildman–Crippen MR) is 83.9 cm³/mol. The maximum Gasteiger partial charge on any atom is 0.0495 e. The van der Waals surface area contributed by atoms with Gasteiger partial charge in [-0.15, -0.1) is 0 Å². The molecule has 0 saturated carbocycles. The zero-order chi connectivity index (χ0) is 13.6. The van der Waals surface area contributed by atoms with Crippen molar-refractivity contribution in [1.29, 1.82) is 0 Å². The Morgan fingerprint density at radius 2 is 1.89 bits per heavy atom. The second-order valence-electron chi connectivity index (χ2n) is 5.19. The van der Waals surface area contributed by atoms with Crippen molar-refractivity contribution in [2.45, 2.75) is 45.6 Å².